The van der Waals surface area contributed by atoms with Crippen molar-refractivity contribution in [3.8, 4) is 11.3 Å². The van der Waals surface area contributed by atoms with Crippen molar-refractivity contribution in [2.45, 2.75) is 34.1 Å². The van der Waals surface area contributed by atoms with Gasteiger partial charge in [-0.25, -0.2) is 9.50 Å². The zero-order valence-electron chi connectivity index (χ0n) is 11.6. The van der Waals surface area contributed by atoms with Crippen molar-refractivity contribution in [2.75, 3.05) is 0 Å². The van der Waals surface area contributed by atoms with Crippen LogP contribution in [0.3, 0.4) is 0 Å². The molecule has 3 aromatic heterocycles. The lowest BCUT2D eigenvalue weighted by Gasteiger charge is -1.97. The number of nitrogens with zero attached hydrogens (tertiary/aromatic N) is 3. The van der Waals surface area contributed by atoms with Crippen LogP contribution in [0.25, 0.3) is 16.2 Å². The number of imidazole rings is 1. The van der Waals surface area contributed by atoms with E-state index in [1.165, 1.54) is 0 Å². The van der Waals surface area contributed by atoms with Crippen LogP contribution in [-0.4, -0.2) is 14.6 Å². The van der Waals surface area contributed by atoms with Crippen molar-refractivity contribution in [3.05, 3.63) is 28.8 Å². The molecule has 0 N–H and O–H groups in total. The molecule has 0 atom stereocenters. The Labute approximate surface area is 116 Å². The lowest BCUT2D eigenvalue weighted by Crippen LogP contribution is -1.94. The van der Waals surface area contributed by atoms with Crippen LogP contribution < -0.4 is 0 Å². The van der Waals surface area contributed by atoms with E-state index in [0.29, 0.717) is 5.92 Å². The fraction of sp³-hybridized carbons (Fsp3) is 0.429. The van der Waals surface area contributed by atoms with Crippen molar-refractivity contribution >= 4 is 16.3 Å². The molecule has 3 aromatic rings. The summed E-state index contributed by atoms with van der Waals surface area (Å²) in [5.74, 6) is 2.44. The molecular weight excluding hydrogens is 258 g/mol. The molecule has 0 aliphatic heterocycles. The third-order valence-corrected chi connectivity index (χ3v) is 3.93. The lowest BCUT2D eigenvalue weighted by molar-refractivity contribution is 0.505. The standard InChI is InChI=1S/C14H17N3OS/c1-8(2)5-13-16-17-7-12(15-14(17)19-13)11-6-9(3)18-10(11)4/h6-8H,5H2,1-4H3. The molecule has 3 rings (SSSR count). The van der Waals surface area contributed by atoms with E-state index in [0.717, 1.165) is 39.2 Å². The van der Waals surface area contributed by atoms with Gasteiger partial charge < -0.3 is 4.42 Å². The molecule has 100 valence electrons. The van der Waals surface area contributed by atoms with Gasteiger partial charge in [-0.1, -0.05) is 25.2 Å². The summed E-state index contributed by atoms with van der Waals surface area (Å²) < 4.78 is 7.43. The first-order valence-electron chi connectivity index (χ1n) is 6.45. The van der Waals surface area contributed by atoms with E-state index in [-0.39, 0.29) is 0 Å². The smallest absolute Gasteiger partial charge is 0.212 e. The first-order valence-corrected chi connectivity index (χ1v) is 7.27. The average Bonchev–Trinajstić information content (AvgIpc) is 2.90. The number of aromatic nitrogens is 3. The number of hydrogen-bond donors (Lipinski definition) is 0. The van der Waals surface area contributed by atoms with Crippen LogP contribution in [0.4, 0.5) is 0 Å². The molecule has 0 aliphatic carbocycles. The van der Waals surface area contributed by atoms with Crippen LogP contribution in [0.1, 0.15) is 30.4 Å². The quantitative estimate of drug-likeness (QED) is 0.729. The van der Waals surface area contributed by atoms with E-state index < -0.39 is 0 Å². The number of rotatable bonds is 3. The van der Waals surface area contributed by atoms with Crippen LogP contribution in [0.15, 0.2) is 16.7 Å². The number of aryl methyl sites for hydroxylation is 2. The Morgan fingerprint density at radius 2 is 2.16 bits per heavy atom. The van der Waals surface area contributed by atoms with E-state index in [1.54, 1.807) is 11.3 Å². The molecule has 0 bridgehead atoms. The van der Waals surface area contributed by atoms with E-state index in [1.807, 2.05) is 30.6 Å². The summed E-state index contributed by atoms with van der Waals surface area (Å²) in [6.45, 7) is 8.32. The summed E-state index contributed by atoms with van der Waals surface area (Å²) in [7, 11) is 0. The van der Waals surface area contributed by atoms with Gasteiger partial charge in [0.15, 0.2) is 0 Å². The summed E-state index contributed by atoms with van der Waals surface area (Å²) in [4.78, 5) is 5.59. The molecular formula is C14H17N3OS. The minimum atomic E-state index is 0.620. The fourth-order valence-corrected chi connectivity index (χ4v) is 3.28. The average molecular weight is 275 g/mol. The maximum absolute atomic E-state index is 5.55. The van der Waals surface area contributed by atoms with E-state index >= 15 is 0 Å². The van der Waals surface area contributed by atoms with Crippen LogP contribution in [-0.2, 0) is 6.42 Å². The highest BCUT2D eigenvalue weighted by Crippen LogP contribution is 2.27. The third kappa shape index (κ3) is 2.30. The molecule has 0 saturated heterocycles. The summed E-state index contributed by atoms with van der Waals surface area (Å²) >= 11 is 1.66. The highest BCUT2D eigenvalue weighted by molar-refractivity contribution is 7.16. The molecule has 0 radical (unpaired) electrons. The number of furan rings is 1. The van der Waals surface area contributed by atoms with Crippen molar-refractivity contribution < 1.29 is 4.42 Å². The van der Waals surface area contributed by atoms with Crippen molar-refractivity contribution in [1.29, 1.82) is 0 Å². The summed E-state index contributed by atoms with van der Waals surface area (Å²) in [5.41, 5.74) is 1.99. The monoisotopic (exact) mass is 275 g/mol. The van der Waals surface area contributed by atoms with Gasteiger partial charge >= 0.3 is 0 Å². The molecule has 0 fully saturated rings. The first kappa shape index (κ1) is 12.4. The molecule has 19 heavy (non-hydrogen) atoms. The predicted molar refractivity (Wildman–Crippen MR) is 76.6 cm³/mol. The van der Waals surface area contributed by atoms with Gasteiger partial charge in [-0.05, 0) is 25.8 Å². The highest BCUT2D eigenvalue weighted by atomic mass is 32.1. The molecule has 0 unspecified atom stereocenters. The van der Waals surface area contributed by atoms with E-state index in [9.17, 15) is 0 Å². The van der Waals surface area contributed by atoms with Gasteiger partial charge in [0, 0.05) is 12.0 Å². The Kier molecular flexibility index (Phi) is 2.93. The SMILES string of the molecule is Cc1cc(-c2cn3nc(CC(C)C)sc3n2)c(C)o1. The molecule has 4 nitrogen and oxygen atoms in total. The van der Waals surface area contributed by atoms with E-state index in [2.05, 4.69) is 23.9 Å². The van der Waals surface area contributed by atoms with Crippen LogP contribution >= 0.6 is 11.3 Å². The normalized spacial score (nSPS) is 11.8. The number of fused-ring (bicyclic) bond motifs is 1. The largest absolute Gasteiger partial charge is 0.466 e. The Balaban J connectivity index is 1.99. The van der Waals surface area contributed by atoms with Crippen LogP contribution in [0, 0.1) is 19.8 Å². The Morgan fingerprint density at radius 1 is 1.37 bits per heavy atom. The van der Waals surface area contributed by atoms with E-state index in [4.69, 9.17) is 4.42 Å². The van der Waals surface area contributed by atoms with Crippen molar-refractivity contribution in [2.24, 2.45) is 5.92 Å². The zero-order valence-corrected chi connectivity index (χ0v) is 12.4. The summed E-state index contributed by atoms with van der Waals surface area (Å²) in [5, 5.41) is 5.72. The maximum Gasteiger partial charge on any atom is 0.212 e. The van der Waals surface area contributed by atoms with Gasteiger partial charge in [0.2, 0.25) is 4.96 Å². The lowest BCUT2D eigenvalue weighted by atomic mass is 10.1. The van der Waals surface area contributed by atoms with Gasteiger partial charge in [0.05, 0.1) is 11.9 Å². The summed E-state index contributed by atoms with van der Waals surface area (Å²) in [6, 6.07) is 2.02. The van der Waals surface area contributed by atoms with Crippen LogP contribution in [0.2, 0.25) is 0 Å². The minimum absolute atomic E-state index is 0.620. The third-order valence-electron chi connectivity index (χ3n) is 2.98. The van der Waals surface area contributed by atoms with Gasteiger partial charge in [-0.2, -0.15) is 5.10 Å². The molecule has 5 heteroatoms. The van der Waals surface area contributed by atoms with Gasteiger partial charge in [-0.3, -0.25) is 0 Å². The fourth-order valence-electron chi connectivity index (χ4n) is 2.19. The minimum Gasteiger partial charge on any atom is -0.466 e. The molecule has 0 saturated carbocycles. The molecule has 0 spiro atoms. The number of hydrogen-bond acceptors (Lipinski definition) is 4. The van der Waals surface area contributed by atoms with Crippen molar-refractivity contribution in [3.63, 3.8) is 0 Å². The maximum atomic E-state index is 5.55. The predicted octanol–water partition coefficient (Wildman–Crippen LogP) is 3.87. The van der Waals surface area contributed by atoms with Gasteiger partial charge in [-0.15, -0.1) is 0 Å². The Hall–Kier alpha value is -1.62. The summed E-state index contributed by atoms with van der Waals surface area (Å²) in [6.07, 6.45) is 2.99. The molecule has 0 aromatic carbocycles. The molecule has 3 heterocycles. The van der Waals surface area contributed by atoms with Crippen molar-refractivity contribution in [1.82, 2.24) is 14.6 Å². The highest BCUT2D eigenvalue weighted by Gasteiger charge is 2.14. The Morgan fingerprint density at radius 3 is 2.74 bits per heavy atom. The first-order chi connectivity index (χ1) is 9.02. The second-order valence-electron chi connectivity index (χ2n) is 5.27. The molecule has 0 amide bonds. The zero-order chi connectivity index (χ0) is 13.6. The van der Waals surface area contributed by atoms with Gasteiger partial charge in [0.1, 0.15) is 16.5 Å². The Bertz CT molecular complexity index is 689. The van der Waals surface area contributed by atoms with Crippen LogP contribution in [0.5, 0.6) is 0 Å². The van der Waals surface area contributed by atoms with Gasteiger partial charge in [0.25, 0.3) is 0 Å². The second kappa shape index (κ2) is 4.49. The topological polar surface area (TPSA) is 43.3 Å². The second-order valence-corrected chi connectivity index (χ2v) is 6.31. The molecule has 0 aliphatic rings.